The van der Waals surface area contributed by atoms with E-state index in [1.165, 1.54) is 41.6 Å². The molecular formula is C18H16ClF3N2O3. The van der Waals surface area contributed by atoms with Crippen molar-refractivity contribution in [1.82, 2.24) is 9.88 Å². The average molecular weight is 401 g/mol. The SMILES string of the molecule is O=C(OC(c1cnccc1Cl)c1ccccc1C(F)(F)F)N1CCOCC1. The second-order valence-corrected chi connectivity index (χ2v) is 6.25. The molecule has 27 heavy (non-hydrogen) atoms. The van der Waals surface area contributed by atoms with E-state index in [-0.39, 0.29) is 16.1 Å². The summed E-state index contributed by atoms with van der Waals surface area (Å²) in [5.74, 6) is 0. The Kier molecular flexibility index (Phi) is 5.86. The van der Waals surface area contributed by atoms with Crippen LogP contribution in [-0.4, -0.2) is 42.3 Å². The van der Waals surface area contributed by atoms with Crippen molar-refractivity contribution >= 4 is 17.7 Å². The van der Waals surface area contributed by atoms with Gasteiger partial charge in [0.15, 0.2) is 6.10 Å². The smallest absolute Gasteiger partial charge is 0.416 e. The van der Waals surface area contributed by atoms with Crippen molar-refractivity contribution in [2.24, 2.45) is 0 Å². The highest BCUT2D eigenvalue weighted by Crippen LogP contribution is 2.39. The lowest BCUT2D eigenvalue weighted by molar-refractivity contribution is -0.139. The molecule has 1 aromatic carbocycles. The van der Waals surface area contributed by atoms with Crippen molar-refractivity contribution in [3.8, 4) is 0 Å². The highest BCUT2D eigenvalue weighted by atomic mass is 35.5. The van der Waals surface area contributed by atoms with Gasteiger partial charge in [-0.05, 0) is 12.1 Å². The number of rotatable bonds is 3. The number of pyridine rings is 1. The van der Waals surface area contributed by atoms with Gasteiger partial charge in [0.1, 0.15) is 0 Å². The first-order valence-corrected chi connectivity index (χ1v) is 8.54. The highest BCUT2D eigenvalue weighted by Gasteiger charge is 2.37. The summed E-state index contributed by atoms with van der Waals surface area (Å²) >= 11 is 6.16. The Hall–Kier alpha value is -2.32. The maximum atomic E-state index is 13.5. The molecule has 144 valence electrons. The number of carbonyl (C=O) groups is 1. The second kappa shape index (κ2) is 8.14. The Bertz CT molecular complexity index is 810. The number of aromatic nitrogens is 1. The second-order valence-electron chi connectivity index (χ2n) is 5.85. The first-order valence-electron chi connectivity index (χ1n) is 8.17. The van der Waals surface area contributed by atoms with Gasteiger partial charge in [0, 0.05) is 36.6 Å². The van der Waals surface area contributed by atoms with Crippen LogP contribution in [0.2, 0.25) is 5.02 Å². The molecule has 0 N–H and O–H groups in total. The fourth-order valence-electron chi connectivity index (χ4n) is 2.78. The Balaban J connectivity index is 2.01. The number of ether oxygens (including phenoxy) is 2. The van der Waals surface area contributed by atoms with Crippen LogP contribution < -0.4 is 0 Å². The molecule has 0 spiro atoms. The Morgan fingerprint density at radius 1 is 1.19 bits per heavy atom. The van der Waals surface area contributed by atoms with E-state index in [0.717, 1.165) is 6.07 Å². The summed E-state index contributed by atoms with van der Waals surface area (Å²) in [5, 5.41) is 0.154. The lowest BCUT2D eigenvalue weighted by Crippen LogP contribution is -2.41. The normalized spacial score (nSPS) is 16.1. The molecule has 0 aliphatic carbocycles. The summed E-state index contributed by atoms with van der Waals surface area (Å²) in [6.45, 7) is 1.28. The van der Waals surface area contributed by atoms with Crippen molar-refractivity contribution in [3.63, 3.8) is 0 Å². The third kappa shape index (κ3) is 4.51. The van der Waals surface area contributed by atoms with E-state index in [1.807, 2.05) is 0 Å². The minimum Gasteiger partial charge on any atom is -0.436 e. The van der Waals surface area contributed by atoms with Gasteiger partial charge in [-0.3, -0.25) is 4.98 Å². The molecule has 1 aliphatic heterocycles. The van der Waals surface area contributed by atoms with Crippen LogP contribution in [0.3, 0.4) is 0 Å². The van der Waals surface area contributed by atoms with E-state index in [0.29, 0.717) is 26.3 Å². The van der Waals surface area contributed by atoms with E-state index in [2.05, 4.69) is 4.98 Å². The molecule has 1 atom stereocenters. The van der Waals surface area contributed by atoms with Crippen LogP contribution in [0.15, 0.2) is 42.7 Å². The largest absolute Gasteiger partial charge is 0.436 e. The van der Waals surface area contributed by atoms with E-state index in [1.54, 1.807) is 0 Å². The molecule has 1 unspecified atom stereocenters. The zero-order valence-electron chi connectivity index (χ0n) is 14.1. The van der Waals surface area contributed by atoms with Crippen molar-refractivity contribution in [2.45, 2.75) is 12.3 Å². The summed E-state index contributed by atoms with van der Waals surface area (Å²) in [6.07, 6.45) is -4.00. The number of carbonyl (C=O) groups excluding carboxylic acids is 1. The maximum absolute atomic E-state index is 13.5. The monoisotopic (exact) mass is 400 g/mol. The number of morpholine rings is 1. The third-order valence-corrected chi connectivity index (χ3v) is 4.46. The molecule has 0 bridgehead atoms. The fraction of sp³-hybridized carbons (Fsp3) is 0.333. The molecule has 2 aromatic rings. The van der Waals surface area contributed by atoms with Crippen LogP contribution >= 0.6 is 11.6 Å². The molecular weight excluding hydrogens is 385 g/mol. The van der Waals surface area contributed by atoms with Crippen LogP contribution in [0.25, 0.3) is 0 Å². The van der Waals surface area contributed by atoms with Gasteiger partial charge >= 0.3 is 12.3 Å². The molecule has 5 nitrogen and oxygen atoms in total. The summed E-state index contributed by atoms with van der Waals surface area (Å²) in [4.78, 5) is 17.8. The molecule has 2 heterocycles. The van der Waals surface area contributed by atoms with E-state index >= 15 is 0 Å². The van der Waals surface area contributed by atoms with E-state index in [9.17, 15) is 18.0 Å². The lowest BCUT2D eigenvalue weighted by atomic mass is 9.97. The number of amides is 1. The van der Waals surface area contributed by atoms with Crippen LogP contribution in [0.4, 0.5) is 18.0 Å². The summed E-state index contributed by atoms with van der Waals surface area (Å²) in [5.41, 5.74) is -0.927. The van der Waals surface area contributed by atoms with E-state index < -0.39 is 23.9 Å². The summed E-state index contributed by atoms with van der Waals surface area (Å²) < 4.78 is 51.2. The van der Waals surface area contributed by atoms with Crippen molar-refractivity contribution in [2.75, 3.05) is 26.3 Å². The minimum atomic E-state index is -4.62. The van der Waals surface area contributed by atoms with Crippen LogP contribution in [0.5, 0.6) is 0 Å². The maximum Gasteiger partial charge on any atom is 0.416 e. The summed E-state index contributed by atoms with van der Waals surface area (Å²) in [6, 6.07) is 6.36. The van der Waals surface area contributed by atoms with Gasteiger partial charge < -0.3 is 14.4 Å². The standard InChI is InChI=1S/C18H16ClF3N2O3/c19-15-5-6-23-11-13(15)16(27-17(25)24-7-9-26-10-8-24)12-3-1-2-4-14(12)18(20,21)22/h1-6,11,16H,7-10H2. The fourth-order valence-corrected chi connectivity index (χ4v) is 2.99. The highest BCUT2D eigenvalue weighted by molar-refractivity contribution is 6.31. The molecule has 1 amide bonds. The minimum absolute atomic E-state index is 0.154. The summed E-state index contributed by atoms with van der Waals surface area (Å²) in [7, 11) is 0. The molecule has 0 radical (unpaired) electrons. The van der Waals surface area contributed by atoms with Crippen LogP contribution in [0.1, 0.15) is 22.8 Å². The average Bonchev–Trinajstić information content (AvgIpc) is 2.67. The molecule has 1 saturated heterocycles. The molecule has 3 rings (SSSR count). The molecule has 0 saturated carbocycles. The zero-order valence-corrected chi connectivity index (χ0v) is 14.8. The van der Waals surface area contributed by atoms with Gasteiger partial charge in [-0.15, -0.1) is 0 Å². The van der Waals surface area contributed by atoms with Gasteiger partial charge in [0.25, 0.3) is 0 Å². The number of halogens is 4. The van der Waals surface area contributed by atoms with Gasteiger partial charge in [-0.25, -0.2) is 4.79 Å². The first-order chi connectivity index (χ1) is 12.9. The third-order valence-electron chi connectivity index (χ3n) is 4.12. The topological polar surface area (TPSA) is 51.7 Å². The molecule has 9 heteroatoms. The van der Waals surface area contributed by atoms with Crippen LogP contribution in [-0.2, 0) is 15.7 Å². The number of alkyl halides is 3. The Labute approximate surface area is 158 Å². The van der Waals surface area contributed by atoms with Crippen LogP contribution in [0, 0.1) is 0 Å². The number of hydrogen-bond donors (Lipinski definition) is 0. The Morgan fingerprint density at radius 2 is 1.89 bits per heavy atom. The molecule has 1 fully saturated rings. The lowest BCUT2D eigenvalue weighted by Gasteiger charge is -2.29. The molecule has 1 aromatic heterocycles. The van der Waals surface area contributed by atoms with Crippen molar-refractivity contribution in [3.05, 3.63) is 64.4 Å². The van der Waals surface area contributed by atoms with Gasteiger partial charge in [0.05, 0.1) is 23.8 Å². The Morgan fingerprint density at radius 3 is 2.56 bits per heavy atom. The quantitative estimate of drug-likeness (QED) is 0.770. The zero-order chi connectivity index (χ0) is 19.4. The van der Waals surface area contributed by atoms with Gasteiger partial charge in [-0.1, -0.05) is 29.8 Å². The van der Waals surface area contributed by atoms with Crippen molar-refractivity contribution in [1.29, 1.82) is 0 Å². The number of benzene rings is 1. The van der Waals surface area contributed by atoms with Gasteiger partial charge in [0.2, 0.25) is 0 Å². The number of nitrogens with zero attached hydrogens (tertiary/aromatic N) is 2. The van der Waals surface area contributed by atoms with Gasteiger partial charge in [-0.2, -0.15) is 13.2 Å². The van der Waals surface area contributed by atoms with Crippen molar-refractivity contribution < 1.29 is 27.4 Å². The predicted molar refractivity (Wildman–Crippen MR) is 91.4 cm³/mol. The predicted octanol–water partition coefficient (Wildman–Crippen LogP) is 4.31. The first kappa shape index (κ1) is 19.4. The van der Waals surface area contributed by atoms with E-state index in [4.69, 9.17) is 21.1 Å². The number of hydrogen-bond acceptors (Lipinski definition) is 4. The molecule has 1 aliphatic rings.